The van der Waals surface area contributed by atoms with Crippen molar-refractivity contribution in [1.82, 2.24) is 4.90 Å². The summed E-state index contributed by atoms with van der Waals surface area (Å²) in [4.78, 5) is 26.6. The van der Waals surface area contributed by atoms with Gasteiger partial charge in [-0.25, -0.2) is 4.79 Å². The molecule has 0 radical (unpaired) electrons. The number of esters is 1. The first kappa shape index (κ1) is 22.0. The number of ether oxygens (including phenoxy) is 2. The number of methoxy groups -OCH3 is 1. The molecule has 0 heterocycles. The van der Waals surface area contributed by atoms with Crippen LogP contribution in [-0.2, 0) is 14.3 Å². The molecule has 1 N–H and O–H groups in total. The number of para-hydroxylation sites is 1. The van der Waals surface area contributed by atoms with E-state index in [0.29, 0.717) is 24.8 Å². The molecule has 28 heavy (non-hydrogen) atoms. The molecule has 2 rings (SSSR count). The normalized spacial score (nSPS) is 18.9. The number of rotatable bonds is 9. The van der Waals surface area contributed by atoms with E-state index < -0.39 is 5.97 Å². The zero-order chi connectivity index (χ0) is 20.5. The maximum Gasteiger partial charge on any atom is 0.333 e. The Morgan fingerprint density at radius 2 is 2.04 bits per heavy atom. The van der Waals surface area contributed by atoms with Gasteiger partial charge in [0.15, 0.2) is 0 Å². The van der Waals surface area contributed by atoms with Crippen LogP contribution in [0, 0.1) is 6.92 Å². The third-order valence-electron chi connectivity index (χ3n) is 5.01. The molecule has 6 heteroatoms. The van der Waals surface area contributed by atoms with Crippen molar-refractivity contribution in [2.24, 2.45) is 0 Å². The number of aryl methyl sites for hydroxylation is 1. The van der Waals surface area contributed by atoms with Crippen LogP contribution in [0.1, 0.15) is 44.6 Å². The number of nitrogens with zero attached hydrogens (tertiary/aromatic N) is 1. The number of amides is 1. The average molecular weight is 389 g/mol. The Bertz CT molecular complexity index is 700. The van der Waals surface area contributed by atoms with Gasteiger partial charge in [-0.15, -0.1) is 0 Å². The van der Waals surface area contributed by atoms with Crippen molar-refractivity contribution >= 4 is 11.9 Å². The summed E-state index contributed by atoms with van der Waals surface area (Å²) in [7, 11) is 1.35. The molecule has 1 aliphatic rings. The van der Waals surface area contributed by atoms with Gasteiger partial charge in [0.25, 0.3) is 0 Å². The van der Waals surface area contributed by atoms with E-state index in [9.17, 15) is 14.7 Å². The summed E-state index contributed by atoms with van der Waals surface area (Å²) in [5.41, 5.74) is 1.51. The lowest BCUT2D eigenvalue weighted by atomic mass is 9.91. The average Bonchev–Trinajstić information content (AvgIpc) is 2.71. The second kappa shape index (κ2) is 10.9. The number of aliphatic hydroxyl groups excluding tert-OH is 1. The van der Waals surface area contributed by atoms with Crippen molar-refractivity contribution in [1.29, 1.82) is 0 Å². The Labute approximate surface area is 167 Å². The zero-order valence-electron chi connectivity index (χ0n) is 17.0. The molecule has 0 bridgehead atoms. The van der Waals surface area contributed by atoms with Crippen LogP contribution in [-0.4, -0.2) is 54.3 Å². The molecule has 1 aromatic rings. The third-order valence-corrected chi connectivity index (χ3v) is 5.01. The van der Waals surface area contributed by atoms with Gasteiger partial charge in [0.2, 0.25) is 5.91 Å². The molecule has 0 saturated carbocycles. The lowest BCUT2D eigenvalue weighted by Crippen LogP contribution is -2.46. The highest BCUT2D eigenvalue weighted by molar-refractivity contribution is 5.89. The fourth-order valence-electron chi connectivity index (χ4n) is 3.51. The molecule has 6 nitrogen and oxygen atoms in total. The van der Waals surface area contributed by atoms with Crippen LogP contribution in [0.25, 0.3) is 0 Å². The van der Waals surface area contributed by atoms with Crippen LogP contribution in [0.3, 0.4) is 0 Å². The molecule has 0 spiro atoms. The van der Waals surface area contributed by atoms with E-state index in [0.717, 1.165) is 24.2 Å². The lowest BCUT2D eigenvalue weighted by Gasteiger charge is -2.36. The number of carbonyl (C=O) groups excluding carboxylic acids is 2. The van der Waals surface area contributed by atoms with Gasteiger partial charge >= 0.3 is 5.97 Å². The van der Waals surface area contributed by atoms with E-state index in [4.69, 9.17) is 9.47 Å². The van der Waals surface area contributed by atoms with Crippen LogP contribution in [0.2, 0.25) is 0 Å². The molecule has 1 aliphatic carbocycles. The monoisotopic (exact) mass is 389 g/mol. The zero-order valence-corrected chi connectivity index (χ0v) is 17.0. The third kappa shape index (κ3) is 5.83. The molecular formula is C22H31NO5. The topological polar surface area (TPSA) is 76.1 Å². The SMILES string of the molecule is CCCCC(=O)N(CCO)C1CC(C(=O)OC)=CC(Oc2ccccc2C)C1. The van der Waals surface area contributed by atoms with Gasteiger partial charge in [0.1, 0.15) is 11.9 Å². The molecule has 2 unspecified atom stereocenters. The Kier molecular flexibility index (Phi) is 8.51. The molecular weight excluding hydrogens is 358 g/mol. The van der Waals surface area contributed by atoms with Crippen molar-refractivity contribution in [3.05, 3.63) is 41.5 Å². The van der Waals surface area contributed by atoms with Crippen LogP contribution in [0.15, 0.2) is 35.9 Å². The van der Waals surface area contributed by atoms with Gasteiger partial charge in [-0.05, 0) is 37.5 Å². The highest BCUT2D eigenvalue weighted by Gasteiger charge is 2.33. The number of aliphatic hydroxyl groups is 1. The van der Waals surface area contributed by atoms with E-state index in [1.165, 1.54) is 7.11 Å². The highest BCUT2D eigenvalue weighted by Crippen LogP contribution is 2.29. The molecule has 2 atom stereocenters. The first-order chi connectivity index (χ1) is 13.5. The highest BCUT2D eigenvalue weighted by atomic mass is 16.5. The second-order valence-electron chi connectivity index (χ2n) is 7.11. The largest absolute Gasteiger partial charge is 0.486 e. The Morgan fingerprint density at radius 3 is 2.68 bits per heavy atom. The molecule has 0 aliphatic heterocycles. The minimum Gasteiger partial charge on any atom is -0.486 e. The number of hydrogen-bond donors (Lipinski definition) is 1. The van der Waals surface area contributed by atoms with Crippen LogP contribution in [0.4, 0.5) is 0 Å². The molecule has 0 aromatic heterocycles. The van der Waals surface area contributed by atoms with E-state index in [1.807, 2.05) is 38.1 Å². The summed E-state index contributed by atoms with van der Waals surface area (Å²) in [6.07, 6.45) is 4.57. The smallest absolute Gasteiger partial charge is 0.333 e. The predicted molar refractivity (Wildman–Crippen MR) is 107 cm³/mol. The van der Waals surface area contributed by atoms with Crippen molar-refractivity contribution < 1.29 is 24.2 Å². The van der Waals surface area contributed by atoms with Gasteiger partial charge in [0.05, 0.1) is 13.7 Å². The molecule has 0 fully saturated rings. The number of carbonyl (C=O) groups is 2. The predicted octanol–water partition coefficient (Wildman–Crippen LogP) is 3.02. The quantitative estimate of drug-likeness (QED) is 0.657. The van der Waals surface area contributed by atoms with E-state index >= 15 is 0 Å². The van der Waals surface area contributed by atoms with Gasteiger partial charge in [-0.3, -0.25) is 4.79 Å². The minimum absolute atomic E-state index is 0.00153. The minimum atomic E-state index is -0.409. The molecule has 154 valence electrons. The van der Waals surface area contributed by atoms with Gasteiger partial charge < -0.3 is 19.5 Å². The van der Waals surface area contributed by atoms with Crippen molar-refractivity contribution in [3.63, 3.8) is 0 Å². The number of hydrogen-bond acceptors (Lipinski definition) is 5. The summed E-state index contributed by atoms with van der Waals surface area (Å²) in [5.74, 6) is 0.342. The summed E-state index contributed by atoms with van der Waals surface area (Å²) in [6, 6.07) is 7.48. The second-order valence-corrected chi connectivity index (χ2v) is 7.11. The van der Waals surface area contributed by atoms with Crippen molar-refractivity contribution in [3.8, 4) is 5.75 Å². The lowest BCUT2D eigenvalue weighted by molar-refractivity contribution is -0.139. The standard InChI is InChI=1S/C22H31NO5/c1-4-5-10-21(25)23(11-12-24)18-13-17(22(26)27-3)14-19(15-18)28-20-9-7-6-8-16(20)2/h6-9,14,18-19,24H,4-5,10-13,15H2,1-3H3. The van der Waals surface area contributed by atoms with Crippen LogP contribution >= 0.6 is 0 Å². The van der Waals surface area contributed by atoms with Gasteiger partial charge in [-0.2, -0.15) is 0 Å². The number of benzene rings is 1. The summed E-state index contributed by atoms with van der Waals surface area (Å²) in [6.45, 7) is 4.13. The van der Waals surface area contributed by atoms with Crippen molar-refractivity contribution in [2.45, 2.75) is 58.1 Å². The molecule has 1 amide bonds. The Morgan fingerprint density at radius 1 is 1.29 bits per heavy atom. The van der Waals surface area contributed by atoms with Crippen LogP contribution < -0.4 is 4.74 Å². The first-order valence-corrected chi connectivity index (χ1v) is 9.91. The van der Waals surface area contributed by atoms with Crippen molar-refractivity contribution in [2.75, 3.05) is 20.3 Å². The Hall–Kier alpha value is -2.34. The molecule has 0 saturated heterocycles. The first-order valence-electron chi connectivity index (χ1n) is 9.91. The number of unbranched alkanes of at least 4 members (excludes halogenated alkanes) is 1. The maximum absolute atomic E-state index is 12.7. The summed E-state index contributed by atoms with van der Waals surface area (Å²) in [5, 5.41) is 9.47. The van der Waals surface area contributed by atoms with E-state index in [1.54, 1.807) is 11.0 Å². The van der Waals surface area contributed by atoms with Gasteiger partial charge in [0, 0.05) is 31.0 Å². The summed E-state index contributed by atoms with van der Waals surface area (Å²) < 4.78 is 11.1. The van der Waals surface area contributed by atoms with E-state index in [2.05, 4.69) is 0 Å². The Balaban J connectivity index is 2.24. The fraction of sp³-hybridized carbons (Fsp3) is 0.545. The molecule has 1 aromatic carbocycles. The fourth-order valence-corrected chi connectivity index (χ4v) is 3.51. The van der Waals surface area contributed by atoms with E-state index in [-0.39, 0.29) is 31.2 Å². The van der Waals surface area contributed by atoms with Gasteiger partial charge in [-0.1, -0.05) is 31.5 Å². The maximum atomic E-state index is 12.7. The van der Waals surface area contributed by atoms with Crippen LogP contribution in [0.5, 0.6) is 5.75 Å². The summed E-state index contributed by atoms with van der Waals surface area (Å²) >= 11 is 0.